The van der Waals surface area contributed by atoms with E-state index >= 15 is 0 Å². The maximum absolute atomic E-state index is 12.0. The van der Waals surface area contributed by atoms with E-state index in [2.05, 4.69) is 4.79 Å². The number of hydrogen-bond acceptors (Lipinski definition) is 2. The van der Waals surface area contributed by atoms with Crippen molar-refractivity contribution < 1.29 is 14.3 Å². The quantitative estimate of drug-likeness (QED) is 0.469. The standard InChI is InChI=1S/C15H21N3O2/c1-15(2,3)18(14(19)11-17-16)10-9-12-7-5-6-8-13(12)20-4/h5-8,11H,9-10H2,1-4H3. The van der Waals surface area contributed by atoms with Crippen molar-refractivity contribution in [3.05, 3.63) is 35.4 Å². The third-order valence-corrected chi connectivity index (χ3v) is 3.04. The molecular formula is C15H21N3O2. The van der Waals surface area contributed by atoms with Gasteiger partial charge in [-0.2, -0.15) is 4.79 Å². The Labute approximate surface area is 119 Å². The molecule has 0 saturated heterocycles. The minimum Gasteiger partial charge on any atom is -0.496 e. The van der Waals surface area contributed by atoms with Gasteiger partial charge in [0.2, 0.25) is 0 Å². The molecule has 1 aromatic rings. The maximum Gasteiger partial charge on any atom is 0.344 e. The molecule has 0 fully saturated rings. The lowest BCUT2D eigenvalue weighted by molar-refractivity contribution is -0.131. The van der Waals surface area contributed by atoms with Crippen LogP contribution >= 0.6 is 0 Å². The minimum atomic E-state index is -0.347. The molecule has 5 heteroatoms. The van der Waals surface area contributed by atoms with Crippen molar-refractivity contribution in [2.45, 2.75) is 32.7 Å². The summed E-state index contributed by atoms with van der Waals surface area (Å²) in [6.07, 6.45) is 1.60. The van der Waals surface area contributed by atoms with Crippen LogP contribution < -0.4 is 4.74 Å². The first-order valence-corrected chi connectivity index (χ1v) is 6.51. The molecule has 0 aliphatic heterocycles. The van der Waals surface area contributed by atoms with Crippen LogP contribution in [0.25, 0.3) is 5.53 Å². The molecule has 0 aromatic heterocycles. The monoisotopic (exact) mass is 275 g/mol. The Bertz CT molecular complexity index is 514. The van der Waals surface area contributed by atoms with Crippen LogP contribution in [0.1, 0.15) is 26.3 Å². The molecule has 0 N–H and O–H groups in total. The van der Waals surface area contributed by atoms with E-state index in [-0.39, 0.29) is 11.4 Å². The van der Waals surface area contributed by atoms with Crippen LogP contribution in [0.5, 0.6) is 5.75 Å². The number of nitrogens with zero attached hydrogens (tertiary/aromatic N) is 3. The number of carbonyl (C=O) groups is 1. The molecule has 1 rings (SSSR count). The summed E-state index contributed by atoms with van der Waals surface area (Å²) in [5.41, 5.74) is 9.21. The smallest absolute Gasteiger partial charge is 0.344 e. The summed E-state index contributed by atoms with van der Waals surface area (Å²) in [5, 5.41) is 0. The fourth-order valence-electron chi connectivity index (χ4n) is 2.04. The predicted octanol–water partition coefficient (Wildman–Crippen LogP) is 2.17. The number of benzene rings is 1. The van der Waals surface area contributed by atoms with Gasteiger partial charge in [-0.05, 0) is 38.8 Å². The zero-order valence-corrected chi connectivity index (χ0v) is 12.5. The SMILES string of the molecule is COc1ccccc1CCN(C(=O)C=[N+]=[N-])C(C)(C)C. The summed E-state index contributed by atoms with van der Waals surface area (Å²) in [6, 6.07) is 7.72. The number of hydrogen-bond donors (Lipinski definition) is 0. The summed E-state index contributed by atoms with van der Waals surface area (Å²) >= 11 is 0. The highest BCUT2D eigenvalue weighted by Gasteiger charge is 2.27. The molecule has 0 atom stereocenters. The minimum absolute atomic E-state index is 0.310. The average molecular weight is 275 g/mol. The Morgan fingerprint density at radius 1 is 1.40 bits per heavy atom. The van der Waals surface area contributed by atoms with Crippen molar-refractivity contribution in [3.8, 4) is 5.75 Å². The van der Waals surface area contributed by atoms with E-state index in [0.29, 0.717) is 13.0 Å². The van der Waals surface area contributed by atoms with Crippen LogP contribution in [0.3, 0.4) is 0 Å². The zero-order valence-electron chi connectivity index (χ0n) is 12.5. The summed E-state index contributed by atoms with van der Waals surface area (Å²) in [4.78, 5) is 16.4. The fraction of sp³-hybridized carbons (Fsp3) is 0.467. The highest BCUT2D eigenvalue weighted by atomic mass is 16.5. The number of para-hydroxylation sites is 1. The topological polar surface area (TPSA) is 65.9 Å². The lowest BCUT2D eigenvalue weighted by Crippen LogP contribution is -2.47. The predicted molar refractivity (Wildman–Crippen MR) is 77.8 cm³/mol. The fourth-order valence-corrected chi connectivity index (χ4v) is 2.04. The lowest BCUT2D eigenvalue weighted by atomic mass is 10.0. The number of carbonyl (C=O) groups excluding carboxylic acids is 1. The Morgan fingerprint density at radius 2 is 2.05 bits per heavy atom. The van der Waals surface area contributed by atoms with Gasteiger partial charge in [-0.25, -0.2) is 0 Å². The molecule has 1 amide bonds. The van der Waals surface area contributed by atoms with Gasteiger partial charge in [0, 0.05) is 12.1 Å². The van der Waals surface area contributed by atoms with Crippen molar-refractivity contribution in [1.82, 2.24) is 4.90 Å². The number of amides is 1. The van der Waals surface area contributed by atoms with Crippen molar-refractivity contribution in [2.24, 2.45) is 0 Å². The summed E-state index contributed by atoms with van der Waals surface area (Å²) in [7, 11) is 1.63. The van der Waals surface area contributed by atoms with Crippen molar-refractivity contribution in [1.29, 1.82) is 0 Å². The largest absolute Gasteiger partial charge is 0.496 e. The van der Waals surface area contributed by atoms with Gasteiger partial charge in [0.15, 0.2) is 0 Å². The Kier molecular flexibility index (Phi) is 5.47. The first kappa shape index (κ1) is 15.9. The molecule has 5 nitrogen and oxygen atoms in total. The van der Waals surface area contributed by atoms with E-state index in [1.807, 2.05) is 45.0 Å². The number of ether oxygens (including phenoxy) is 1. The van der Waals surface area contributed by atoms with E-state index in [0.717, 1.165) is 17.5 Å². The van der Waals surface area contributed by atoms with Crippen molar-refractivity contribution in [2.75, 3.05) is 13.7 Å². The van der Waals surface area contributed by atoms with Gasteiger partial charge in [0.05, 0.1) is 7.11 Å². The Balaban J connectivity index is 2.87. The molecule has 0 bridgehead atoms. The number of methoxy groups -OCH3 is 1. The van der Waals surface area contributed by atoms with E-state index in [4.69, 9.17) is 10.3 Å². The van der Waals surface area contributed by atoms with Crippen LogP contribution in [0, 0.1) is 0 Å². The molecular weight excluding hydrogens is 254 g/mol. The maximum atomic E-state index is 12.0. The van der Waals surface area contributed by atoms with Gasteiger partial charge in [-0.1, -0.05) is 18.2 Å². The molecule has 0 aliphatic rings. The van der Waals surface area contributed by atoms with Gasteiger partial charge in [0.25, 0.3) is 0 Å². The molecule has 1 aromatic carbocycles. The van der Waals surface area contributed by atoms with Gasteiger partial charge in [-0.3, -0.25) is 4.79 Å². The van der Waals surface area contributed by atoms with E-state index in [1.54, 1.807) is 12.0 Å². The molecule has 0 saturated carbocycles. The molecule has 108 valence electrons. The molecule has 0 spiro atoms. The Morgan fingerprint density at radius 3 is 2.60 bits per heavy atom. The molecule has 0 heterocycles. The van der Waals surface area contributed by atoms with Crippen LogP contribution in [0.4, 0.5) is 0 Å². The summed E-state index contributed by atoms with van der Waals surface area (Å²) in [5.74, 6) is 0.500. The van der Waals surface area contributed by atoms with Gasteiger partial charge in [0.1, 0.15) is 5.75 Å². The molecule has 0 unspecified atom stereocenters. The highest BCUT2D eigenvalue weighted by Crippen LogP contribution is 2.20. The molecule has 0 aliphatic carbocycles. The third kappa shape index (κ3) is 4.21. The van der Waals surface area contributed by atoms with Crippen LogP contribution in [-0.2, 0) is 11.2 Å². The normalized spacial score (nSPS) is 10.6. The molecule has 20 heavy (non-hydrogen) atoms. The summed E-state index contributed by atoms with van der Waals surface area (Å²) < 4.78 is 5.30. The van der Waals surface area contributed by atoms with Gasteiger partial charge < -0.3 is 15.2 Å². The zero-order chi connectivity index (χ0) is 15.2. The second kappa shape index (κ2) is 6.87. The summed E-state index contributed by atoms with van der Waals surface area (Å²) in [6.45, 7) is 6.35. The first-order valence-electron chi connectivity index (χ1n) is 6.51. The van der Waals surface area contributed by atoms with E-state index < -0.39 is 0 Å². The van der Waals surface area contributed by atoms with Crippen LogP contribution in [-0.4, -0.2) is 41.0 Å². The Hall–Kier alpha value is -2.13. The average Bonchev–Trinajstić information content (AvgIpc) is 2.38. The van der Waals surface area contributed by atoms with Crippen LogP contribution in [0.2, 0.25) is 0 Å². The lowest BCUT2D eigenvalue weighted by Gasteiger charge is -2.33. The van der Waals surface area contributed by atoms with Crippen LogP contribution in [0.15, 0.2) is 24.3 Å². The van der Waals surface area contributed by atoms with E-state index in [1.165, 1.54) is 0 Å². The highest BCUT2D eigenvalue weighted by molar-refractivity contribution is 6.24. The second-order valence-electron chi connectivity index (χ2n) is 5.47. The first-order chi connectivity index (χ1) is 9.40. The van der Waals surface area contributed by atoms with Gasteiger partial charge >= 0.3 is 12.1 Å². The van der Waals surface area contributed by atoms with Gasteiger partial charge in [-0.15, -0.1) is 0 Å². The second-order valence-corrected chi connectivity index (χ2v) is 5.47. The third-order valence-electron chi connectivity index (χ3n) is 3.04. The number of rotatable bonds is 5. The van der Waals surface area contributed by atoms with Crippen molar-refractivity contribution >= 4 is 12.1 Å². The molecule has 0 radical (unpaired) electrons. The van der Waals surface area contributed by atoms with Crippen molar-refractivity contribution in [3.63, 3.8) is 0 Å². The van der Waals surface area contributed by atoms with E-state index in [9.17, 15) is 4.79 Å².